The van der Waals surface area contributed by atoms with Crippen LogP contribution in [-0.4, -0.2) is 24.8 Å². The van der Waals surface area contributed by atoms with E-state index in [0.29, 0.717) is 17.3 Å². The second-order valence-corrected chi connectivity index (χ2v) is 7.80. The minimum absolute atomic E-state index is 0.0831. The zero-order valence-corrected chi connectivity index (χ0v) is 15.0. The van der Waals surface area contributed by atoms with E-state index in [2.05, 4.69) is 19.1 Å². The lowest BCUT2D eigenvalue weighted by atomic mass is 9.62. The summed E-state index contributed by atoms with van der Waals surface area (Å²) in [5.74, 6) is 0.962. The lowest BCUT2D eigenvalue weighted by Crippen LogP contribution is -2.46. The maximum absolute atomic E-state index is 9.35. The monoisotopic (exact) mass is 336 g/mol. The van der Waals surface area contributed by atoms with Crippen LogP contribution < -0.4 is 5.73 Å². The molecule has 1 aromatic rings. The first-order valence-electron chi connectivity index (χ1n) is 8.93. The predicted octanol–water partition coefficient (Wildman–Crippen LogP) is 2.92. The van der Waals surface area contributed by atoms with E-state index in [-0.39, 0.29) is 11.5 Å². The van der Waals surface area contributed by atoms with Crippen molar-refractivity contribution in [3.8, 4) is 6.07 Å². The molecule has 4 atom stereocenters. The maximum atomic E-state index is 9.35. The minimum atomic E-state index is -0.670. The van der Waals surface area contributed by atoms with Crippen molar-refractivity contribution in [3.05, 3.63) is 34.9 Å². The van der Waals surface area contributed by atoms with Crippen LogP contribution in [0.3, 0.4) is 0 Å². The first-order chi connectivity index (χ1) is 11.9. The van der Waals surface area contributed by atoms with Crippen molar-refractivity contribution in [3.63, 3.8) is 0 Å². The van der Waals surface area contributed by atoms with Gasteiger partial charge in [0.25, 0.3) is 0 Å². The van der Waals surface area contributed by atoms with E-state index < -0.39 is 5.66 Å². The molecule has 2 aliphatic carbocycles. The molecule has 1 fully saturated rings. The molecule has 0 saturated heterocycles. The van der Waals surface area contributed by atoms with Crippen LogP contribution in [-0.2, 0) is 16.8 Å². The van der Waals surface area contributed by atoms with E-state index >= 15 is 0 Å². The summed E-state index contributed by atoms with van der Waals surface area (Å²) in [6.07, 6.45) is 4.22. The molecule has 4 rings (SSSR count). The van der Waals surface area contributed by atoms with E-state index in [0.717, 1.165) is 37.0 Å². The van der Waals surface area contributed by atoms with Crippen LogP contribution in [0.15, 0.2) is 28.2 Å². The quantitative estimate of drug-likeness (QED) is 0.856. The van der Waals surface area contributed by atoms with Gasteiger partial charge in [-0.3, -0.25) is 4.99 Å². The zero-order chi connectivity index (χ0) is 17.8. The highest BCUT2D eigenvalue weighted by Gasteiger charge is 2.61. The molecule has 0 bridgehead atoms. The first-order valence-corrected chi connectivity index (χ1v) is 8.93. The van der Waals surface area contributed by atoms with Crippen LogP contribution in [0.1, 0.15) is 49.8 Å². The highest BCUT2D eigenvalue weighted by molar-refractivity contribution is 6.41. The number of nitriles is 1. The van der Waals surface area contributed by atoms with Gasteiger partial charge in [0.05, 0.1) is 23.4 Å². The van der Waals surface area contributed by atoms with Crippen molar-refractivity contribution >= 4 is 11.5 Å². The number of ether oxygens (including phenoxy) is 1. The number of aliphatic imine (C=N–C) groups is 2. The maximum Gasteiger partial charge on any atom is 0.184 e. The molecule has 0 unspecified atom stereocenters. The lowest BCUT2D eigenvalue weighted by molar-refractivity contribution is -0.0378. The molecule has 130 valence electrons. The Labute approximate surface area is 148 Å². The molecule has 2 spiro atoms. The Hall–Kier alpha value is -2.19. The van der Waals surface area contributed by atoms with E-state index in [1.807, 2.05) is 19.1 Å². The van der Waals surface area contributed by atoms with Crippen LogP contribution >= 0.6 is 0 Å². The standard InChI is InChI=1S/C20H24N4O/c1-12-9-19(7-6-17(12)25-3)10-15-5-4-14(11-21)8-16(15)20(19)23-13(2)18(22)24-20/h4-5,8,12,17H,6-7,9-10H2,1-3H3,(H2,22,24)/t12-,17-,19-,20-/m0/s1. The molecular formula is C20H24N4O. The molecule has 0 radical (unpaired) electrons. The Morgan fingerprint density at radius 3 is 2.76 bits per heavy atom. The fraction of sp³-hybridized carbons (Fsp3) is 0.550. The van der Waals surface area contributed by atoms with Gasteiger partial charge in [-0.1, -0.05) is 13.0 Å². The molecule has 5 nitrogen and oxygen atoms in total. The van der Waals surface area contributed by atoms with Crippen molar-refractivity contribution in [2.24, 2.45) is 27.1 Å². The van der Waals surface area contributed by atoms with Crippen molar-refractivity contribution in [1.82, 2.24) is 0 Å². The highest BCUT2D eigenvalue weighted by atomic mass is 16.5. The van der Waals surface area contributed by atoms with Gasteiger partial charge in [0.1, 0.15) is 5.84 Å². The van der Waals surface area contributed by atoms with Gasteiger partial charge in [-0.05, 0) is 56.2 Å². The third-order valence-electron chi connectivity index (χ3n) is 6.42. The Morgan fingerprint density at radius 1 is 1.36 bits per heavy atom. The third kappa shape index (κ3) is 2.10. The van der Waals surface area contributed by atoms with E-state index in [9.17, 15) is 5.26 Å². The average molecular weight is 336 g/mol. The van der Waals surface area contributed by atoms with Gasteiger partial charge in [-0.2, -0.15) is 5.26 Å². The van der Waals surface area contributed by atoms with Gasteiger partial charge in [0.15, 0.2) is 5.66 Å². The largest absolute Gasteiger partial charge is 0.382 e. The Kier molecular flexibility index (Phi) is 3.52. The van der Waals surface area contributed by atoms with Crippen LogP contribution in [0.2, 0.25) is 0 Å². The Bertz CT molecular complexity index is 817. The van der Waals surface area contributed by atoms with Gasteiger partial charge >= 0.3 is 0 Å². The second-order valence-electron chi connectivity index (χ2n) is 7.80. The molecule has 2 N–H and O–H groups in total. The topological polar surface area (TPSA) is 83.8 Å². The summed E-state index contributed by atoms with van der Waals surface area (Å²) in [6, 6.07) is 8.19. The number of fused-ring (bicyclic) bond motifs is 3. The molecule has 0 aromatic heterocycles. The van der Waals surface area contributed by atoms with Crippen molar-refractivity contribution in [1.29, 1.82) is 5.26 Å². The highest BCUT2D eigenvalue weighted by Crippen LogP contribution is 2.62. The Balaban J connectivity index is 1.89. The van der Waals surface area contributed by atoms with Crippen molar-refractivity contribution in [2.75, 3.05) is 7.11 Å². The van der Waals surface area contributed by atoms with Gasteiger partial charge in [0, 0.05) is 18.1 Å². The van der Waals surface area contributed by atoms with Gasteiger partial charge in [-0.15, -0.1) is 0 Å². The molecule has 1 saturated carbocycles. The number of hydrogen-bond donors (Lipinski definition) is 1. The number of methoxy groups -OCH3 is 1. The van der Waals surface area contributed by atoms with Crippen molar-refractivity contribution in [2.45, 2.75) is 51.3 Å². The van der Waals surface area contributed by atoms with E-state index in [1.165, 1.54) is 5.56 Å². The summed E-state index contributed by atoms with van der Waals surface area (Å²) in [6.45, 7) is 4.18. The molecule has 1 aliphatic heterocycles. The molecule has 1 aromatic carbocycles. The fourth-order valence-corrected chi connectivity index (χ4v) is 5.22. The molecular weight excluding hydrogens is 312 g/mol. The lowest BCUT2D eigenvalue weighted by Gasteiger charge is -2.47. The van der Waals surface area contributed by atoms with Gasteiger partial charge in [-0.25, -0.2) is 4.99 Å². The summed E-state index contributed by atoms with van der Waals surface area (Å²) in [4.78, 5) is 9.94. The van der Waals surface area contributed by atoms with Gasteiger partial charge < -0.3 is 10.5 Å². The molecule has 0 amide bonds. The predicted molar refractivity (Wildman–Crippen MR) is 97.5 cm³/mol. The molecule has 25 heavy (non-hydrogen) atoms. The number of nitrogens with zero attached hydrogens (tertiary/aromatic N) is 3. The summed E-state index contributed by atoms with van der Waals surface area (Å²) < 4.78 is 5.67. The average Bonchev–Trinajstić information content (AvgIpc) is 3.03. The van der Waals surface area contributed by atoms with Crippen molar-refractivity contribution < 1.29 is 4.74 Å². The number of hydrogen-bond acceptors (Lipinski definition) is 5. The fourth-order valence-electron chi connectivity index (χ4n) is 5.22. The first kappa shape index (κ1) is 16.3. The molecule has 5 heteroatoms. The van der Waals surface area contributed by atoms with Crippen LogP contribution in [0.5, 0.6) is 0 Å². The van der Waals surface area contributed by atoms with E-state index in [1.54, 1.807) is 7.11 Å². The molecule has 3 aliphatic rings. The summed E-state index contributed by atoms with van der Waals surface area (Å²) in [7, 11) is 1.80. The zero-order valence-electron chi connectivity index (χ0n) is 15.0. The SMILES string of the molecule is CO[C@H]1CC[C@@]2(Cc3ccc(C#N)cc3[C@@]23N=C(C)C(N)=N3)C[C@@H]1C. The minimum Gasteiger partial charge on any atom is -0.382 e. The molecule has 1 heterocycles. The summed E-state index contributed by atoms with van der Waals surface area (Å²) in [5, 5.41) is 9.35. The van der Waals surface area contributed by atoms with Crippen LogP contribution in [0, 0.1) is 22.7 Å². The normalized spacial score (nSPS) is 36.2. The summed E-state index contributed by atoms with van der Waals surface area (Å²) in [5.41, 5.74) is 9.18. The summed E-state index contributed by atoms with van der Waals surface area (Å²) >= 11 is 0. The van der Waals surface area contributed by atoms with E-state index in [4.69, 9.17) is 20.5 Å². The van der Waals surface area contributed by atoms with Crippen LogP contribution in [0.25, 0.3) is 0 Å². The second kappa shape index (κ2) is 5.40. The Morgan fingerprint density at radius 2 is 2.16 bits per heavy atom. The number of nitrogens with two attached hydrogens (primary N) is 1. The smallest absolute Gasteiger partial charge is 0.184 e. The van der Waals surface area contributed by atoms with Crippen LogP contribution in [0.4, 0.5) is 0 Å². The number of amidine groups is 1. The third-order valence-corrected chi connectivity index (χ3v) is 6.42. The number of rotatable bonds is 1. The van der Waals surface area contributed by atoms with Gasteiger partial charge in [0.2, 0.25) is 0 Å². The number of benzene rings is 1.